The summed E-state index contributed by atoms with van der Waals surface area (Å²) >= 11 is 0. The fourth-order valence-corrected chi connectivity index (χ4v) is 5.41. The number of carboxylic acid groups (broad SMARTS) is 2. The number of phenolic OH excluding ortho intramolecular Hbond substituents is 1. The maximum Gasteiger partial charge on any atom is 0.327 e. The number of carbonyl (C=O) groups is 4. The van der Waals surface area contributed by atoms with E-state index in [2.05, 4.69) is 10.6 Å². The monoisotopic (exact) mass is 558 g/mol. The molecule has 0 fully saturated rings. The minimum Gasteiger partial charge on any atom is -0.508 e. The number of ether oxygens (including phenoxy) is 1. The van der Waals surface area contributed by atoms with Crippen LogP contribution in [0.1, 0.15) is 53.0 Å². The molecular formula is C25H38N2O8S2. The zero-order valence-corrected chi connectivity index (χ0v) is 23.5. The molecule has 1 aromatic rings. The number of phenols is 1. The fourth-order valence-electron chi connectivity index (χ4n) is 3.10. The number of carbonyl (C=O) groups excluding carboxylic acids is 2. The highest BCUT2D eigenvalue weighted by Gasteiger charge is 2.28. The normalized spacial score (nSPS) is 14.0. The third kappa shape index (κ3) is 14.2. The first kappa shape index (κ1) is 32.6. The number of hydrogen-bond donors (Lipinski definition) is 5. The number of hydrogen-bond acceptors (Lipinski definition) is 8. The van der Waals surface area contributed by atoms with Gasteiger partial charge in [-0.2, -0.15) is 0 Å². The van der Waals surface area contributed by atoms with Gasteiger partial charge in [-0.25, -0.2) is 9.59 Å². The number of amides is 2. The van der Waals surface area contributed by atoms with Gasteiger partial charge in [0.05, 0.1) is 6.61 Å². The van der Waals surface area contributed by atoms with E-state index in [-0.39, 0.29) is 47.5 Å². The highest BCUT2D eigenvalue weighted by atomic mass is 33.1. The van der Waals surface area contributed by atoms with Crippen LogP contribution in [0, 0.1) is 11.3 Å². The first-order valence-corrected chi connectivity index (χ1v) is 14.4. The zero-order valence-electron chi connectivity index (χ0n) is 21.9. The third-order valence-corrected chi connectivity index (χ3v) is 7.25. The Bertz CT molecular complexity index is 920. The van der Waals surface area contributed by atoms with E-state index in [0.717, 1.165) is 21.6 Å². The van der Waals surface area contributed by atoms with Gasteiger partial charge in [-0.1, -0.05) is 68.3 Å². The van der Waals surface area contributed by atoms with Gasteiger partial charge in [0.15, 0.2) is 0 Å². The van der Waals surface area contributed by atoms with Crippen molar-refractivity contribution in [3.63, 3.8) is 0 Å². The van der Waals surface area contributed by atoms with Gasteiger partial charge in [-0.15, -0.1) is 0 Å². The zero-order chi connectivity index (χ0) is 28.2. The van der Waals surface area contributed by atoms with Crippen LogP contribution in [-0.4, -0.2) is 68.8 Å². The molecule has 2 amide bonds. The minimum atomic E-state index is -1.23. The van der Waals surface area contributed by atoms with Crippen molar-refractivity contribution in [2.24, 2.45) is 11.3 Å². The van der Waals surface area contributed by atoms with Crippen molar-refractivity contribution < 1.29 is 39.2 Å². The van der Waals surface area contributed by atoms with E-state index in [9.17, 15) is 34.5 Å². The summed E-state index contributed by atoms with van der Waals surface area (Å²) in [5.41, 5.74) is 0.382. The maximum absolute atomic E-state index is 12.9. The Morgan fingerprint density at radius 1 is 0.973 bits per heavy atom. The van der Waals surface area contributed by atoms with E-state index in [1.165, 1.54) is 12.1 Å². The van der Waals surface area contributed by atoms with Crippen molar-refractivity contribution in [3.05, 3.63) is 29.8 Å². The molecule has 0 heterocycles. The van der Waals surface area contributed by atoms with Crippen molar-refractivity contribution in [1.29, 1.82) is 0 Å². The van der Waals surface area contributed by atoms with Gasteiger partial charge in [-0.05, 0) is 35.4 Å². The molecule has 0 bridgehead atoms. The SMILES string of the molecule is CC(C)C[C@H](OCc1cccc(O)c1)C(=O)N[C@@H](CSSC[C@H](NC(=O)CC(C)(C)C)C(=O)O)C(=O)O. The largest absolute Gasteiger partial charge is 0.508 e. The van der Waals surface area contributed by atoms with Crippen molar-refractivity contribution in [2.75, 3.05) is 11.5 Å². The van der Waals surface area contributed by atoms with Crippen molar-refractivity contribution in [2.45, 2.75) is 72.3 Å². The maximum atomic E-state index is 12.9. The van der Waals surface area contributed by atoms with Crippen LogP contribution in [0.4, 0.5) is 0 Å². The van der Waals surface area contributed by atoms with E-state index >= 15 is 0 Å². The second kappa shape index (κ2) is 15.7. The lowest BCUT2D eigenvalue weighted by atomic mass is 9.92. The Morgan fingerprint density at radius 3 is 2.03 bits per heavy atom. The van der Waals surface area contributed by atoms with Crippen LogP contribution in [0.3, 0.4) is 0 Å². The molecule has 1 aromatic carbocycles. The van der Waals surface area contributed by atoms with Gasteiger partial charge in [0.1, 0.15) is 23.9 Å². The summed E-state index contributed by atoms with van der Waals surface area (Å²) in [7, 11) is 2.19. The summed E-state index contributed by atoms with van der Waals surface area (Å²) in [6.07, 6.45) is -0.350. The summed E-state index contributed by atoms with van der Waals surface area (Å²) in [4.78, 5) is 48.2. The van der Waals surface area contributed by atoms with Crippen LogP contribution in [0.25, 0.3) is 0 Å². The van der Waals surface area contributed by atoms with E-state index in [0.29, 0.717) is 12.0 Å². The molecule has 0 aliphatic rings. The molecule has 12 heteroatoms. The molecule has 0 aromatic heterocycles. The first-order valence-electron chi connectivity index (χ1n) is 11.9. The molecule has 10 nitrogen and oxygen atoms in total. The first-order chi connectivity index (χ1) is 17.2. The van der Waals surface area contributed by atoms with Crippen LogP contribution < -0.4 is 10.6 Å². The molecular weight excluding hydrogens is 520 g/mol. The number of nitrogens with one attached hydrogen (secondary N) is 2. The van der Waals surface area contributed by atoms with Gasteiger partial charge in [-0.3, -0.25) is 9.59 Å². The Labute approximate surface area is 225 Å². The lowest BCUT2D eigenvalue weighted by Gasteiger charge is -2.22. The topological polar surface area (TPSA) is 162 Å². The molecule has 0 aliphatic heterocycles. The molecule has 0 saturated carbocycles. The predicted molar refractivity (Wildman–Crippen MR) is 144 cm³/mol. The summed E-state index contributed by atoms with van der Waals surface area (Å²) < 4.78 is 5.76. The van der Waals surface area contributed by atoms with Gasteiger partial charge < -0.3 is 30.7 Å². The molecule has 37 heavy (non-hydrogen) atoms. The summed E-state index contributed by atoms with van der Waals surface area (Å²) in [5, 5.41) is 33.6. The molecule has 0 spiro atoms. The fraction of sp³-hybridized carbons (Fsp3) is 0.600. The Balaban J connectivity index is 2.65. The van der Waals surface area contributed by atoms with Gasteiger partial charge in [0.25, 0.3) is 0 Å². The second-order valence-electron chi connectivity index (χ2n) is 10.3. The predicted octanol–water partition coefficient (Wildman–Crippen LogP) is 3.28. The molecule has 1 rings (SSSR count). The van der Waals surface area contributed by atoms with Gasteiger partial charge >= 0.3 is 11.9 Å². The molecule has 3 atom stereocenters. The summed E-state index contributed by atoms with van der Waals surface area (Å²) in [6, 6.07) is 4.11. The lowest BCUT2D eigenvalue weighted by Crippen LogP contribution is -2.47. The summed E-state index contributed by atoms with van der Waals surface area (Å²) in [5.74, 6) is -3.16. The van der Waals surface area contributed by atoms with Crippen LogP contribution in [0.2, 0.25) is 0 Å². The van der Waals surface area contributed by atoms with E-state index in [1.807, 2.05) is 34.6 Å². The molecule has 0 aliphatic carbocycles. The van der Waals surface area contributed by atoms with E-state index in [1.54, 1.807) is 12.1 Å². The molecule has 0 unspecified atom stereocenters. The molecule has 0 saturated heterocycles. The van der Waals surface area contributed by atoms with Gasteiger partial charge in [0, 0.05) is 17.9 Å². The quantitative estimate of drug-likeness (QED) is 0.150. The van der Waals surface area contributed by atoms with Crippen LogP contribution in [0.15, 0.2) is 24.3 Å². The molecule has 208 valence electrons. The average Bonchev–Trinajstić information content (AvgIpc) is 2.75. The van der Waals surface area contributed by atoms with E-state index in [4.69, 9.17) is 4.74 Å². The second-order valence-corrected chi connectivity index (χ2v) is 12.8. The number of benzene rings is 1. The number of aromatic hydroxyl groups is 1. The Kier molecular flexibility index (Phi) is 13.9. The smallest absolute Gasteiger partial charge is 0.327 e. The van der Waals surface area contributed by atoms with Crippen LogP contribution >= 0.6 is 21.6 Å². The Morgan fingerprint density at radius 2 is 1.54 bits per heavy atom. The lowest BCUT2D eigenvalue weighted by molar-refractivity contribution is -0.144. The van der Waals surface area contributed by atoms with Gasteiger partial charge in [0.2, 0.25) is 11.8 Å². The Hall–Kier alpha value is -2.44. The highest BCUT2D eigenvalue weighted by Crippen LogP contribution is 2.24. The van der Waals surface area contributed by atoms with Crippen LogP contribution in [0.5, 0.6) is 5.75 Å². The number of carboxylic acids is 2. The average molecular weight is 559 g/mol. The van der Waals surface area contributed by atoms with Crippen molar-refractivity contribution >= 4 is 45.3 Å². The van der Waals surface area contributed by atoms with E-state index < -0.39 is 36.0 Å². The van der Waals surface area contributed by atoms with Crippen LogP contribution in [-0.2, 0) is 30.5 Å². The minimum absolute atomic E-state index is 0.0189. The number of aliphatic carboxylic acids is 2. The number of rotatable bonds is 16. The third-order valence-electron chi connectivity index (χ3n) is 4.83. The summed E-state index contributed by atoms with van der Waals surface area (Å²) in [6.45, 7) is 9.51. The molecule has 0 radical (unpaired) electrons. The highest BCUT2D eigenvalue weighted by molar-refractivity contribution is 8.76. The molecule has 5 N–H and O–H groups in total. The standard InChI is InChI=1S/C25H38N2O8S2/c1-15(2)9-20(35-12-16-7-6-8-17(28)10-16)22(30)27-19(24(33)34)14-37-36-13-18(23(31)32)26-21(29)11-25(3,4)5/h6-8,10,15,18-20,28H,9,11-14H2,1-5H3,(H,26,29)(H,27,30)(H,31,32)(H,33,34)/t18-,19-,20-/m0/s1. The van der Waals surface area contributed by atoms with Crippen molar-refractivity contribution in [3.8, 4) is 5.75 Å². The van der Waals surface area contributed by atoms with Crippen molar-refractivity contribution in [1.82, 2.24) is 10.6 Å².